The summed E-state index contributed by atoms with van der Waals surface area (Å²) in [5.41, 5.74) is 4.19. The first kappa shape index (κ1) is 14.2. The maximum atomic E-state index is 12.3. The fraction of sp³-hybridized carbons (Fsp3) is 0.444. The number of halogens is 3. The predicted octanol–water partition coefficient (Wildman–Crippen LogP) is 0.374. The van der Waals surface area contributed by atoms with Crippen LogP contribution in [0, 0.1) is 0 Å². The molecule has 0 fully saturated rings. The minimum absolute atomic E-state index is 0.323. The van der Waals surface area contributed by atoms with Gasteiger partial charge in [0.05, 0.1) is 7.11 Å². The van der Waals surface area contributed by atoms with Crippen molar-refractivity contribution in [1.29, 1.82) is 0 Å². The number of methoxy groups -OCH3 is 1. The Kier molecular flexibility index (Phi) is 4.43. The Bertz CT molecular complexity index is 425. The number of aromatic nitrogens is 2. The molecule has 6 nitrogen and oxygen atoms in total. The molecule has 1 unspecified atom stereocenters. The van der Waals surface area contributed by atoms with Gasteiger partial charge in [0.25, 0.3) is 0 Å². The lowest BCUT2D eigenvalue weighted by Gasteiger charge is -2.11. The molecule has 100 valence electrons. The van der Waals surface area contributed by atoms with Crippen LogP contribution in [0.2, 0.25) is 0 Å². The van der Waals surface area contributed by atoms with Gasteiger partial charge in [0.2, 0.25) is 5.88 Å². The molecule has 0 aromatic carbocycles. The summed E-state index contributed by atoms with van der Waals surface area (Å²) in [7, 11) is 1.13. The number of hydrogen-bond donors (Lipinski definition) is 1. The molecule has 2 N–H and O–H groups in total. The largest absolute Gasteiger partial charge is 0.475 e. The normalized spacial score (nSPS) is 12.9. The highest BCUT2D eigenvalue weighted by atomic mass is 19.4. The molecule has 1 aromatic rings. The second-order valence-electron chi connectivity index (χ2n) is 3.18. The van der Waals surface area contributed by atoms with E-state index in [1.54, 1.807) is 0 Å². The van der Waals surface area contributed by atoms with Crippen molar-refractivity contribution in [2.75, 3.05) is 13.7 Å². The number of hydrogen-bond acceptors (Lipinski definition) is 6. The number of carbonyl (C=O) groups is 1. The molecule has 1 aromatic heterocycles. The van der Waals surface area contributed by atoms with Crippen LogP contribution < -0.4 is 10.5 Å². The zero-order valence-corrected chi connectivity index (χ0v) is 9.27. The van der Waals surface area contributed by atoms with Crippen LogP contribution in [0.4, 0.5) is 13.2 Å². The third-order valence-electron chi connectivity index (χ3n) is 1.85. The van der Waals surface area contributed by atoms with Crippen LogP contribution in [0.1, 0.15) is 5.69 Å². The lowest BCUT2D eigenvalue weighted by Crippen LogP contribution is -2.37. The molecule has 0 aliphatic rings. The van der Waals surface area contributed by atoms with Crippen LogP contribution in [0.25, 0.3) is 0 Å². The van der Waals surface area contributed by atoms with Gasteiger partial charge in [-0.15, -0.1) is 0 Å². The minimum atomic E-state index is -4.59. The maximum absolute atomic E-state index is 12.3. The van der Waals surface area contributed by atoms with E-state index in [1.807, 2.05) is 0 Å². The number of rotatable bonds is 4. The average molecular weight is 265 g/mol. The Morgan fingerprint density at radius 2 is 2.17 bits per heavy atom. The first-order valence-corrected chi connectivity index (χ1v) is 4.70. The molecule has 18 heavy (non-hydrogen) atoms. The molecular formula is C9H10F3N3O3. The van der Waals surface area contributed by atoms with Crippen LogP contribution >= 0.6 is 0 Å². The average Bonchev–Trinajstić information content (AvgIpc) is 2.34. The van der Waals surface area contributed by atoms with Crippen LogP contribution in [0.15, 0.2) is 12.4 Å². The fourth-order valence-electron chi connectivity index (χ4n) is 0.968. The van der Waals surface area contributed by atoms with Crippen molar-refractivity contribution < 1.29 is 27.4 Å². The van der Waals surface area contributed by atoms with Crippen molar-refractivity contribution in [2.24, 2.45) is 5.73 Å². The molecule has 0 saturated heterocycles. The van der Waals surface area contributed by atoms with Crippen LogP contribution in [-0.4, -0.2) is 35.7 Å². The van der Waals surface area contributed by atoms with Gasteiger partial charge in [0.1, 0.15) is 19.0 Å². The van der Waals surface area contributed by atoms with Gasteiger partial charge in [-0.3, -0.25) is 4.79 Å². The summed E-state index contributed by atoms with van der Waals surface area (Å²) in [5.74, 6) is -1.06. The van der Waals surface area contributed by atoms with Crippen molar-refractivity contribution in [3.8, 4) is 5.88 Å². The number of carbonyl (C=O) groups excluding carboxylic acids is 1. The van der Waals surface area contributed by atoms with Gasteiger partial charge in [-0.1, -0.05) is 0 Å². The lowest BCUT2D eigenvalue weighted by atomic mass is 10.3. The molecule has 0 amide bonds. The van der Waals surface area contributed by atoms with Crippen molar-refractivity contribution in [1.82, 2.24) is 9.97 Å². The van der Waals surface area contributed by atoms with E-state index in [2.05, 4.69) is 14.7 Å². The predicted molar refractivity (Wildman–Crippen MR) is 52.5 cm³/mol. The molecule has 0 bridgehead atoms. The van der Waals surface area contributed by atoms with Crippen molar-refractivity contribution in [2.45, 2.75) is 12.2 Å². The van der Waals surface area contributed by atoms with E-state index in [9.17, 15) is 18.0 Å². The van der Waals surface area contributed by atoms with E-state index < -0.39 is 23.9 Å². The molecule has 1 heterocycles. The third kappa shape index (κ3) is 3.84. The van der Waals surface area contributed by atoms with Crippen LogP contribution in [0.5, 0.6) is 5.88 Å². The summed E-state index contributed by atoms with van der Waals surface area (Å²) in [6.07, 6.45) is -3.88. The molecule has 0 radical (unpaired) electrons. The van der Waals surface area contributed by atoms with Crippen molar-refractivity contribution in [3.63, 3.8) is 0 Å². The van der Waals surface area contributed by atoms with E-state index in [0.29, 0.717) is 12.4 Å². The summed E-state index contributed by atoms with van der Waals surface area (Å²) in [6.45, 7) is -0.346. The van der Waals surface area contributed by atoms with Crippen LogP contribution in [-0.2, 0) is 15.7 Å². The van der Waals surface area contributed by atoms with E-state index in [-0.39, 0.29) is 12.5 Å². The Morgan fingerprint density at radius 1 is 1.50 bits per heavy atom. The van der Waals surface area contributed by atoms with E-state index in [1.165, 1.54) is 0 Å². The Labute approximate surface area is 99.9 Å². The molecule has 9 heteroatoms. The first-order chi connectivity index (χ1) is 8.34. The summed E-state index contributed by atoms with van der Waals surface area (Å²) in [6, 6.07) is -0.483. The third-order valence-corrected chi connectivity index (χ3v) is 1.85. The Morgan fingerprint density at radius 3 is 2.72 bits per heavy atom. The molecule has 0 saturated carbocycles. The molecule has 1 rings (SSSR count). The SMILES string of the molecule is COC(=O)C(N)COc1cc(C(F)(F)F)ncn1. The first-order valence-electron chi connectivity index (χ1n) is 4.70. The van der Waals surface area contributed by atoms with Gasteiger partial charge in [-0.25, -0.2) is 9.97 Å². The molecule has 0 spiro atoms. The Hall–Kier alpha value is -1.90. The van der Waals surface area contributed by atoms with Gasteiger partial charge in [-0.2, -0.15) is 13.2 Å². The maximum Gasteiger partial charge on any atom is 0.433 e. The molecule has 0 aliphatic carbocycles. The molecular weight excluding hydrogens is 255 g/mol. The van der Waals surface area contributed by atoms with E-state index in [0.717, 1.165) is 7.11 Å². The quantitative estimate of drug-likeness (QED) is 0.791. The highest BCUT2D eigenvalue weighted by Crippen LogP contribution is 2.28. The second kappa shape index (κ2) is 5.63. The monoisotopic (exact) mass is 265 g/mol. The zero-order valence-electron chi connectivity index (χ0n) is 9.27. The highest BCUT2D eigenvalue weighted by molar-refractivity contribution is 5.75. The topological polar surface area (TPSA) is 87.3 Å². The summed E-state index contributed by atoms with van der Waals surface area (Å²) < 4.78 is 46.1. The highest BCUT2D eigenvalue weighted by Gasteiger charge is 2.33. The van der Waals surface area contributed by atoms with E-state index >= 15 is 0 Å². The number of nitrogens with zero attached hydrogens (tertiary/aromatic N) is 2. The van der Waals surface area contributed by atoms with Gasteiger partial charge < -0.3 is 15.2 Å². The van der Waals surface area contributed by atoms with Crippen LogP contribution in [0.3, 0.4) is 0 Å². The van der Waals surface area contributed by atoms with E-state index in [4.69, 9.17) is 10.5 Å². The minimum Gasteiger partial charge on any atom is -0.475 e. The fourth-order valence-corrected chi connectivity index (χ4v) is 0.968. The standard InChI is InChI=1S/C9H10F3N3O3/c1-17-8(16)5(13)3-18-7-2-6(9(10,11)12)14-4-15-7/h2,4-5H,3,13H2,1H3. The zero-order chi connectivity index (χ0) is 13.8. The number of ether oxygens (including phenoxy) is 2. The summed E-state index contributed by atoms with van der Waals surface area (Å²) >= 11 is 0. The van der Waals surface area contributed by atoms with Gasteiger partial charge in [-0.05, 0) is 0 Å². The number of nitrogens with two attached hydrogens (primary N) is 1. The Balaban J connectivity index is 2.66. The number of esters is 1. The number of alkyl halides is 3. The van der Waals surface area contributed by atoms with Gasteiger partial charge in [0, 0.05) is 6.07 Å². The van der Waals surface area contributed by atoms with Gasteiger partial charge in [0.15, 0.2) is 5.69 Å². The summed E-state index contributed by atoms with van der Waals surface area (Å²) in [5, 5.41) is 0. The molecule has 1 atom stereocenters. The smallest absolute Gasteiger partial charge is 0.433 e. The second-order valence-corrected chi connectivity index (χ2v) is 3.18. The summed E-state index contributed by atoms with van der Waals surface area (Å²) in [4.78, 5) is 17.4. The van der Waals surface area contributed by atoms with Gasteiger partial charge >= 0.3 is 12.1 Å². The van der Waals surface area contributed by atoms with Crippen molar-refractivity contribution >= 4 is 5.97 Å². The molecule has 0 aliphatic heterocycles. The van der Waals surface area contributed by atoms with Crippen molar-refractivity contribution in [3.05, 3.63) is 18.1 Å². The lowest BCUT2D eigenvalue weighted by molar-refractivity contribution is -0.143.